The molecule has 0 unspecified atom stereocenters. The molecule has 4 aromatic carbocycles. The Hall–Kier alpha value is -1.88. The van der Waals surface area contributed by atoms with Gasteiger partial charge in [-0.15, -0.1) is 24.5 Å². The van der Waals surface area contributed by atoms with Gasteiger partial charge < -0.3 is 23.0 Å². The molecular weight excluding hydrogens is 520 g/mol. The topological polar surface area (TPSA) is 28.2 Å². The minimum Gasteiger partial charge on any atom is -1.00 e. The average molecular weight is 544 g/mol. The van der Waals surface area contributed by atoms with E-state index in [9.17, 15) is 0 Å². The van der Waals surface area contributed by atoms with Gasteiger partial charge in [0.15, 0.2) is 0 Å². The molecular formula is C26H24ClN2Nd. The van der Waals surface area contributed by atoms with E-state index in [0.29, 0.717) is 0 Å². The Balaban J connectivity index is 0.000000281. The molecule has 4 rings (SSSR count). The maximum absolute atomic E-state index is 4.48. The van der Waals surface area contributed by atoms with Gasteiger partial charge >= 0.3 is 40.8 Å². The molecule has 0 aliphatic carbocycles. The van der Waals surface area contributed by atoms with Crippen molar-refractivity contribution in [3.63, 3.8) is 0 Å². The Labute approximate surface area is 219 Å². The van der Waals surface area contributed by atoms with E-state index >= 15 is 0 Å². The number of hydrogen-bond acceptors (Lipinski definition) is 0. The van der Waals surface area contributed by atoms with Crippen LogP contribution in [0.25, 0.3) is 10.6 Å². The van der Waals surface area contributed by atoms with Gasteiger partial charge in [0, 0.05) is 0 Å². The van der Waals surface area contributed by atoms with Crippen LogP contribution in [0, 0.1) is 40.8 Å². The van der Waals surface area contributed by atoms with Crippen LogP contribution in [0.4, 0.5) is 11.4 Å². The Bertz CT molecular complexity index is 747. The third-order valence-electron chi connectivity index (χ3n) is 4.09. The van der Waals surface area contributed by atoms with Gasteiger partial charge in [0.2, 0.25) is 0 Å². The Morgan fingerprint density at radius 3 is 0.967 bits per heavy atom. The molecule has 2 nitrogen and oxygen atoms in total. The van der Waals surface area contributed by atoms with Crippen molar-refractivity contribution in [3.05, 3.63) is 143 Å². The van der Waals surface area contributed by atoms with Gasteiger partial charge in [0.25, 0.3) is 0 Å². The maximum Gasteiger partial charge on any atom is 3.00 e. The van der Waals surface area contributed by atoms with E-state index in [0.717, 1.165) is 24.5 Å². The fourth-order valence-electron chi connectivity index (χ4n) is 2.60. The molecule has 0 aromatic heterocycles. The largest absolute Gasteiger partial charge is 3.00 e. The van der Waals surface area contributed by atoms with Gasteiger partial charge in [0.05, 0.1) is 0 Å². The van der Waals surface area contributed by atoms with E-state index in [4.69, 9.17) is 0 Å². The average Bonchev–Trinajstić information content (AvgIpc) is 2.80. The third kappa shape index (κ3) is 10.2. The quantitative estimate of drug-likeness (QED) is 0.335. The Kier molecular flexibility index (Phi) is 13.9. The van der Waals surface area contributed by atoms with E-state index < -0.39 is 0 Å². The van der Waals surface area contributed by atoms with Gasteiger partial charge in [-0.1, -0.05) is 132 Å². The van der Waals surface area contributed by atoms with Crippen molar-refractivity contribution in [2.24, 2.45) is 0 Å². The molecule has 0 amide bonds. The van der Waals surface area contributed by atoms with Crippen molar-refractivity contribution in [2.45, 2.75) is 13.1 Å². The first-order valence-electron chi connectivity index (χ1n) is 9.43. The number of halogens is 1. The van der Waals surface area contributed by atoms with Gasteiger partial charge in [-0.05, 0) is 0 Å². The van der Waals surface area contributed by atoms with Gasteiger partial charge in [-0.3, -0.25) is 0 Å². The molecule has 0 saturated carbocycles. The number of rotatable bonds is 6. The van der Waals surface area contributed by atoms with Gasteiger partial charge in [-0.2, -0.15) is 0 Å². The second-order valence-electron chi connectivity index (χ2n) is 6.27. The summed E-state index contributed by atoms with van der Waals surface area (Å²) in [6, 6.07) is 40.6. The number of para-hydroxylation sites is 2. The van der Waals surface area contributed by atoms with Crippen LogP contribution >= 0.6 is 0 Å². The molecule has 1 radical (unpaired) electrons. The number of hydrogen-bond donors (Lipinski definition) is 0. The summed E-state index contributed by atoms with van der Waals surface area (Å²) in [5.74, 6) is 0. The number of nitrogens with zero attached hydrogens (tertiary/aromatic N) is 2. The molecule has 0 spiro atoms. The maximum atomic E-state index is 4.48. The van der Waals surface area contributed by atoms with E-state index in [2.05, 4.69) is 34.9 Å². The predicted octanol–water partition coefficient (Wildman–Crippen LogP) is 4.79. The van der Waals surface area contributed by atoms with Crippen molar-refractivity contribution < 1.29 is 53.2 Å². The summed E-state index contributed by atoms with van der Waals surface area (Å²) in [5.41, 5.74) is 4.57. The third-order valence-corrected chi connectivity index (χ3v) is 4.09. The van der Waals surface area contributed by atoms with Crippen molar-refractivity contribution in [2.75, 3.05) is 0 Å². The first kappa shape index (κ1) is 26.2. The fourth-order valence-corrected chi connectivity index (χ4v) is 2.60. The first-order valence-corrected chi connectivity index (χ1v) is 9.43. The van der Waals surface area contributed by atoms with Crippen LogP contribution in [-0.4, -0.2) is 0 Å². The smallest absolute Gasteiger partial charge is 1.00 e. The Morgan fingerprint density at radius 1 is 0.400 bits per heavy atom. The summed E-state index contributed by atoms with van der Waals surface area (Å²) in [5, 5.41) is 8.95. The van der Waals surface area contributed by atoms with Crippen LogP contribution < -0.4 is 12.4 Å². The van der Waals surface area contributed by atoms with Gasteiger partial charge in [-0.25, -0.2) is 0 Å². The molecule has 0 saturated heterocycles. The van der Waals surface area contributed by atoms with E-state index in [1.54, 1.807) is 0 Å². The molecule has 0 atom stereocenters. The molecule has 0 bridgehead atoms. The van der Waals surface area contributed by atoms with Crippen molar-refractivity contribution in [1.82, 2.24) is 0 Å². The van der Waals surface area contributed by atoms with Crippen LogP contribution in [0.1, 0.15) is 11.1 Å². The van der Waals surface area contributed by atoms with Crippen LogP contribution in [0.3, 0.4) is 0 Å². The summed E-state index contributed by atoms with van der Waals surface area (Å²) in [4.78, 5) is 0. The molecule has 0 heterocycles. The molecule has 30 heavy (non-hydrogen) atoms. The van der Waals surface area contributed by atoms with Crippen molar-refractivity contribution in [1.29, 1.82) is 0 Å². The zero-order valence-electron chi connectivity index (χ0n) is 16.7. The van der Waals surface area contributed by atoms with Crippen molar-refractivity contribution >= 4 is 11.4 Å². The molecule has 4 aromatic rings. The van der Waals surface area contributed by atoms with Crippen LogP contribution in [0.5, 0.6) is 0 Å². The normalized spacial score (nSPS) is 9.07. The summed E-state index contributed by atoms with van der Waals surface area (Å²) in [7, 11) is 0. The molecule has 0 N–H and O–H groups in total. The first-order chi connectivity index (χ1) is 13.9. The van der Waals surface area contributed by atoms with E-state index in [1.807, 2.05) is 97.1 Å². The monoisotopic (exact) mass is 541 g/mol. The summed E-state index contributed by atoms with van der Waals surface area (Å²) < 4.78 is 0. The minimum absolute atomic E-state index is 0. The standard InChI is InChI=1S/2C13H12N.ClH.Nd/c2*1-3-7-12(8-4-1)11-14-13-9-5-2-6-10-13;;/h2*1-10H,11H2;1H;/q2*-1;;+3/p-1. The molecule has 0 aliphatic heterocycles. The SMILES string of the molecule is [Cl-].[Nd+3].c1ccc(C[N-]c2ccccc2)cc1.c1ccc(C[N-]c2ccccc2)cc1. The second kappa shape index (κ2) is 15.9. The molecule has 0 fully saturated rings. The van der Waals surface area contributed by atoms with Gasteiger partial charge in [0.1, 0.15) is 0 Å². The molecule has 149 valence electrons. The zero-order valence-corrected chi connectivity index (χ0v) is 20.7. The molecule has 0 aliphatic rings. The fraction of sp³-hybridized carbons (Fsp3) is 0.0769. The van der Waals surface area contributed by atoms with Crippen molar-refractivity contribution in [3.8, 4) is 0 Å². The van der Waals surface area contributed by atoms with Crippen LogP contribution in [-0.2, 0) is 13.1 Å². The summed E-state index contributed by atoms with van der Waals surface area (Å²) in [6.45, 7) is 1.51. The van der Waals surface area contributed by atoms with Crippen LogP contribution in [0.15, 0.2) is 121 Å². The predicted molar refractivity (Wildman–Crippen MR) is 119 cm³/mol. The summed E-state index contributed by atoms with van der Waals surface area (Å²) >= 11 is 0. The number of benzene rings is 4. The summed E-state index contributed by atoms with van der Waals surface area (Å²) in [6.07, 6.45) is 0. The second-order valence-corrected chi connectivity index (χ2v) is 6.27. The molecule has 4 heteroatoms. The zero-order chi connectivity index (χ0) is 19.3. The Morgan fingerprint density at radius 2 is 0.667 bits per heavy atom. The van der Waals surface area contributed by atoms with E-state index in [-0.39, 0.29) is 53.2 Å². The van der Waals surface area contributed by atoms with E-state index in [1.165, 1.54) is 11.1 Å². The minimum atomic E-state index is 0. The van der Waals surface area contributed by atoms with Crippen LogP contribution in [0.2, 0.25) is 0 Å².